The van der Waals surface area contributed by atoms with E-state index < -0.39 is 0 Å². The maximum Gasteiger partial charge on any atom is 0.0431 e. The summed E-state index contributed by atoms with van der Waals surface area (Å²) in [5.41, 5.74) is 3.02. The second-order valence-electron chi connectivity index (χ2n) is 4.17. The molecule has 0 aromatic rings. The van der Waals surface area contributed by atoms with E-state index in [4.69, 9.17) is 5.11 Å². The Kier molecular flexibility index (Phi) is 17.7. The van der Waals surface area contributed by atoms with Crippen molar-refractivity contribution in [1.29, 1.82) is 0 Å². The largest absolute Gasteiger partial charge is 1.00 e. The van der Waals surface area contributed by atoms with Gasteiger partial charge < -0.3 is 42.3 Å². The van der Waals surface area contributed by atoms with Crippen molar-refractivity contribution in [2.24, 2.45) is 5.92 Å². The fourth-order valence-corrected chi connectivity index (χ4v) is 2.35. The van der Waals surface area contributed by atoms with Crippen LogP contribution in [0.5, 0.6) is 0 Å². The van der Waals surface area contributed by atoms with Crippen molar-refractivity contribution in [2.45, 2.75) is 25.7 Å². The summed E-state index contributed by atoms with van der Waals surface area (Å²) >= 11 is 0. The monoisotopic (exact) mass is 487 g/mol. The minimum absolute atomic E-state index is 0. The van der Waals surface area contributed by atoms with Crippen molar-refractivity contribution in [3.8, 4) is 0 Å². The molecule has 1 nitrogen and oxygen atoms in total. The Labute approximate surface area is 153 Å². The Balaban J connectivity index is -0.000000640. The standard InChI is InChI=1S/C14H18O.3ClH.Hf/c15-11-5-10-14(12-6-1-2-7-12)13-8-3-4-9-13;;;;/h1-4,6,8,14-15H,5,7,9-11H2;3*1H;/p-3. The van der Waals surface area contributed by atoms with Crippen LogP contribution in [-0.2, 0) is 25.8 Å². The second-order valence-corrected chi connectivity index (χ2v) is 4.17. The molecular formula is C14H18Cl3HfO-3. The van der Waals surface area contributed by atoms with Gasteiger partial charge in [-0.25, -0.2) is 0 Å². The van der Waals surface area contributed by atoms with Gasteiger partial charge in [0.1, 0.15) is 0 Å². The first kappa shape index (κ1) is 24.7. The molecule has 0 fully saturated rings. The minimum Gasteiger partial charge on any atom is -1.00 e. The van der Waals surface area contributed by atoms with Crippen LogP contribution in [0, 0.1) is 5.92 Å². The zero-order valence-corrected chi connectivity index (χ0v) is 16.5. The predicted octanol–water partition coefficient (Wildman–Crippen LogP) is -5.84. The average Bonchev–Trinajstić information content (AvgIpc) is 2.90. The van der Waals surface area contributed by atoms with E-state index in [-0.39, 0.29) is 63.1 Å². The van der Waals surface area contributed by atoms with Crippen LogP contribution in [0.1, 0.15) is 25.7 Å². The number of halogens is 3. The molecule has 0 aliphatic heterocycles. The van der Waals surface area contributed by atoms with E-state index in [1.807, 2.05) is 0 Å². The van der Waals surface area contributed by atoms with Crippen LogP contribution in [0.15, 0.2) is 47.6 Å². The molecule has 0 saturated carbocycles. The second kappa shape index (κ2) is 13.6. The molecule has 108 valence electrons. The van der Waals surface area contributed by atoms with Gasteiger partial charge in [0.25, 0.3) is 0 Å². The Hall–Kier alpha value is 0.660. The minimum atomic E-state index is 0. The van der Waals surface area contributed by atoms with E-state index in [1.165, 1.54) is 11.1 Å². The third-order valence-electron chi connectivity index (χ3n) is 3.15. The molecule has 0 atom stereocenters. The molecule has 2 aliphatic carbocycles. The zero-order chi connectivity index (χ0) is 10.5. The van der Waals surface area contributed by atoms with Gasteiger partial charge in [0.15, 0.2) is 0 Å². The normalized spacial score (nSPS) is 14.8. The molecule has 2 rings (SSSR count). The Morgan fingerprint density at radius 2 is 1.42 bits per heavy atom. The molecule has 0 saturated heterocycles. The predicted molar refractivity (Wildman–Crippen MR) is 63.5 cm³/mol. The van der Waals surface area contributed by atoms with E-state index in [1.54, 1.807) is 0 Å². The molecular weight excluding hydrogens is 469 g/mol. The van der Waals surface area contributed by atoms with Crippen molar-refractivity contribution in [3.05, 3.63) is 47.6 Å². The van der Waals surface area contributed by atoms with Crippen LogP contribution in [0.4, 0.5) is 0 Å². The van der Waals surface area contributed by atoms with Crippen molar-refractivity contribution in [1.82, 2.24) is 0 Å². The molecule has 0 heterocycles. The van der Waals surface area contributed by atoms with E-state index in [9.17, 15) is 0 Å². The molecule has 19 heavy (non-hydrogen) atoms. The summed E-state index contributed by atoms with van der Waals surface area (Å²) < 4.78 is 0. The quantitative estimate of drug-likeness (QED) is 0.384. The van der Waals surface area contributed by atoms with E-state index in [0.717, 1.165) is 25.7 Å². The maximum absolute atomic E-state index is 8.93. The first-order valence-corrected chi connectivity index (χ1v) is 5.74. The Morgan fingerprint density at radius 1 is 0.947 bits per heavy atom. The molecule has 0 unspecified atom stereocenters. The van der Waals surface area contributed by atoms with Gasteiger partial charge in [-0.3, -0.25) is 0 Å². The van der Waals surface area contributed by atoms with Gasteiger partial charge in [-0.05, 0) is 25.7 Å². The molecule has 0 spiro atoms. The molecule has 0 radical (unpaired) electrons. The summed E-state index contributed by atoms with van der Waals surface area (Å²) in [6.07, 6.45) is 17.4. The van der Waals surface area contributed by atoms with Crippen LogP contribution in [-0.4, -0.2) is 11.7 Å². The number of aliphatic hydroxyl groups excluding tert-OH is 1. The average molecular weight is 487 g/mol. The third-order valence-corrected chi connectivity index (χ3v) is 3.15. The first-order valence-electron chi connectivity index (χ1n) is 5.74. The summed E-state index contributed by atoms with van der Waals surface area (Å²) in [7, 11) is 0. The molecule has 0 bridgehead atoms. The molecule has 0 amide bonds. The van der Waals surface area contributed by atoms with Gasteiger partial charge in [0.2, 0.25) is 0 Å². The molecule has 0 aromatic carbocycles. The third kappa shape index (κ3) is 7.29. The van der Waals surface area contributed by atoms with Gasteiger partial charge in [-0.1, -0.05) is 47.6 Å². The SMILES string of the molecule is OCCCC(C1=CC=CC1)C1=CC=CC1.[Cl-].[Cl-].[Cl-].[Hf]. The molecule has 1 N–H and O–H groups in total. The summed E-state index contributed by atoms with van der Waals surface area (Å²) in [6.45, 7) is 0.303. The van der Waals surface area contributed by atoms with Gasteiger partial charge in [-0.2, -0.15) is 0 Å². The Bertz CT molecular complexity index is 319. The number of hydrogen-bond donors (Lipinski definition) is 1. The van der Waals surface area contributed by atoms with Gasteiger partial charge in [0.05, 0.1) is 0 Å². The zero-order valence-electron chi connectivity index (χ0n) is 10.7. The van der Waals surface area contributed by atoms with Crippen LogP contribution in [0.25, 0.3) is 0 Å². The molecule has 5 heteroatoms. The number of hydrogen-bond acceptors (Lipinski definition) is 1. The van der Waals surface area contributed by atoms with Gasteiger partial charge in [0, 0.05) is 38.4 Å². The number of rotatable bonds is 5. The smallest absolute Gasteiger partial charge is 0.0431 e. The molecule has 0 aromatic heterocycles. The topological polar surface area (TPSA) is 20.2 Å². The first-order chi connectivity index (χ1) is 7.42. The fraction of sp³-hybridized carbons (Fsp3) is 0.429. The summed E-state index contributed by atoms with van der Waals surface area (Å²) in [4.78, 5) is 0. The van der Waals surface area contributed by atoms with Crippen LogP contribution in [0.3, 0.4) is 0 Å². The number of allylic oxidation sites excluding steroid dienone is 8. The maximum atomic E-state index is 8.93. The fourth-order valence-electron chi connectivity index (χ4n) is 2.35. The van der Waals surface area contributed by atoms with Crippen LogP contribution < -0.4 is 37.2 Å². The van der Waals surface area contributed by atoms with Crippen LogP contribution >= 0.6 is 0 Å². The summed E-state index contributed by atoms with van der Waals surface area (Å²) in [5, 5.41) is 8.93. The van der Waals surface area contributed by atoms with Crippen molar-refractivity contribution in [3.63, 3.8) is 0 Å². The Morgan fingerprint density at radius 3 is 1.74 bits per heavy atom. The van der Waals surface area contributed by atoms with Crippen molar-refractivity contribution >= 4 is 0 Å². The van der Waals surface area contributed by atoms with E-state index in [0.29, 0.717) is 12.5 Å². The number of aliphatic hydroxyl groups is 1. The van der Waals surface area contributed by atoms with Gasteiger partial charge >= 0.3 is 0 Å². The van der Waals surface area contributed by atoms with E-state index >= 15 is 0 Å². The van der Waals surface area contributed by atoms with E-state index in [2.05, 4.69) is 36.5 Å². The van der Waals surface area contributed by atoms with Gasteiger partial charge in [-0.15, -0.1) is 0 Å². The summed E-state index contributed by atoms with van der Waals surface area (Å²) in [5.74, 6) is 0.558. The van der Waals surface area contributed by atoms with Crippen molar-refractivity contribution in [2.75, 3.05) is 6.61 Å². The van der Waals surface area contributed by atoms with Crippen molar-refractivity contribution < 1.29 is 68.2 Å². The summed E-state index contributed by atoms with van der Waals surface area (Å²) in [6, 6.07) is 0. The molecule has 2 aliphatic rings. The van der Waals surface area contributed by atoms with Crippen LogP contribution in [0.2, 0.25) is 0 Å².